The Hall–Kier alpha value is -4.29. The number of hydrogen-bond donors (Lipinski definition) is 3. The van der Waals surface area contributed by atoms with Crippen molar-refractivity contribution in [1.29, 1.82) is 0 Å². The van der Waals surface area contributed by atoms with Crippen LogP contribution in [0.15, 0.2) is 48.5 Å². The molecular formula is C31H36N2O10. The Morgan fingerprint density at radius 2 is 1.44 bits per heavy atom. The van der Waals surface area contributed by atoms with Gasteiger partial charge in [0.25, 0.3) is 5.91 Å². The molecule has 1 fully saturated rings. The fourth-order valence-electron chi connectivity index (χ4n) is 5.64. The van der Waals surface area contributed by atoms with E-state index in [0.29, 0.717) is 0 Å². The molecule has 0 bridgehead atoms. The number of rotatable bonds is 8. The van der Waals surface area contributed by atoms with Gasteiger partial charge in [0, 0.05) is 39.2 Å². The summed E-state index contributed by atoms with van der Waals surface area (Å²) in [5.41, 5.74) is 3.45. The van der Waals surface area contributed by atoms with Crippen LogP contribution in [0.1, 0.15) is 79.5 Å². The Kier molecular flexibility index (Phi) is 10.1. The summed E-state index contributed by atoms with van der Waals surface area (Å²) in [5, 5.41) is 16.5. The fraction of sp³-hybridized carbons (Fsp3) is 0.452. The van der Waals surface area contributed by atoms with Gasteiger partial charge in [-0.25, -0.2) is 0 Å². The lowest BCUT2D eigenvalue weighted by molar-refractivity contribution is -0.250. The van der Waals surface area contributed by atoms with Crippen molar-refractivity contribution in [3.05, 3.63) is 70.8 Å². The first-order chi connectivity index (χ1) is 20.4. The summed E-state index contributed by atoms with van der Waals surface area (Å²) in [4.78, 5) is 60.1. The molecule has 12 heteroatoms. The number of amides is 2. The van der Waals surface area contributed by atoms with Gasteiger partial charge in [0.05, 0.1) is 6.04 Å². The average Bonchev–Trinajstić information content (AvgIpc) is 2.95. The molecule has 43 heavy (non-hydrogen) atoms. The molecule has 6 unspecified atom stereocenters. The lowest BCUT2D eigenvalue weighted by Crippen LogP contribution is -2.65. The Balaban J connectivity index is 1.54. The van der Waals surface area contributed by atoms with E-state index < -0.39 is 61.1 Å². The largest absolute Gasteiger partial charge is 0.463 e. The number of ether oxygens (including phenoxy) is 4. The molecule has 3 N–H and O–H groups in total. The third-order valence-corrected chi connectivity index (χ3v) is 7.43. The van der Waals surface area contributed by atoms with Gasteiger partial charge in [-0.05, 0) is 41.7 Å². The Morgan fingerprint density at radius 1 is 0.814 bits per heavy atom. The van der Waals surface area contributed by atoms with Crippen LogP contribution in [0.2, 0.25) is 0 Å². The van der Waals surface area contributed by atoms with Crippen molar-refractivity contribution < 1.29 is 48.0 Å². The number of nitrogens with one attached hydrogen (secondary N) is 2. The van der Waals surface area contributed by atoms with Gasteiger partial charge in [-0.15, -0.1) is 0 Å². The summed E-state index contributed by atoms with van der Waals surface area (Å²) in [6.45, 7) is 4.53. The lowest BCUT2D eigenvalue weighted by atomic mass is 9.76. The van der Waals surface area contributed by atoms with E-state index in [1.165, 1.54) is 13.8 Å². The molecule has 2 amide bonds. The van der Waals surface area contributed by atoms with Crippen LogP contribution in [0.4, 0.5) is 0 Å². The highest BCUT2D eigenvalue weighted by atomic mass is 16.6. The zero-order valence-corrected chi connectivity index (χ0v) is 24.4. The summed E-state index contributed by atoms with van der Waals surface area (Å²) in [6.07, 6.45) is -5.29. The Labute approximate surface area is 249 Å². The number of aliphatic hydroxyl groups is 1. The monoisotopic (exact) mass is 596 g/mol. The van der Waals surface area contributed by atoms with E-state index in [2.05, 4.69) is 10.6 Å². The Morgan fingerprint density at radius 3 is 2.05 bits per heavy atom. The second-order valence-corrected chi connectivity index (χ2v) is 10.6. The second kappa shape index (κ2) is 13.8. The van der Waals surface area contributed by atoms with Gasteiger partial charge in [0.15, 0.2) is 18.4 Å². The summed E-state index contributed by atoms with van der Waals surface area (Å²) < 4.78 is 21.3. The van der Waals surface area contributed by atoms with Gasteiger partial charge in [-0.3, -0.25) is 24.0 Å². The highest BCUT2D eigenvalue weighted by Gasteiger charge is 2.50. The van der Waals surface area contributed by atoms with E-state index in [9.17, 15) is 29.1 Å². The standard InChI is InChI=1S/C31H36N2O10/c1-16(34)32-25-14-13-22(23-7-5-6-8-24(23)25)20-9-11-21(12-10-20)30(39)33-31-29(42-19(4)37)28(41-18(3)36)27(38)26(43-31)15-40-17(2)35/h5-12,22,25-29,31,38H,13-15H2,1-4H3,(H,32,34)(H,33,39)/t22?,25?,26?,27-,28?,29?,31?/m0/s1. The maximum absolute atomic E-state index is 13.3. The predicted molar refractivity (Wildman–Crippen MR) is 150 cm³/mol. The van der Waals surface area contributed by atoms with Crippen LogP contribution in [0.25, 0.3) is 0 Å². The zero-order chi connectivity index (χ0) is 31.3. The van der Waals surface area contributed by atoms with Gasteiger partial charge in [-0.2, -0.15) is 0 Å². The molecule has 7 atom stereocenters. The molecule has 2 aromatic rings. The van der Waals surface area contributed by atoms with E-state index in [4.69, 9.17) is 18.9 Å². The molecule has 2 aliphatic rings. The SMILES string of the molecule is CC(=O)NC1CCC(c2ccc(C(=O)NC3OC(COC(C)=O)[C@H](O)C(OC(C)=O)C3OC(C)=O)cc2)c2ccccc21. The molecule has 4 rings (SSSR count). The number of hydrogen-bond acceptors (Lipinski definition) is 10. The summed E-state index contributed by atoms with van der Waals surface area (Å²) >= 11 is 0. The van der Waals surface area contributed by atoms with Gasteiger partial charge < -0.3 is 34.7 Å². The van der Waals surface area contributed by atoms with Crippen LogP contribution in [0, 0.1) is 0 Å². The maximum Gasteiger partial charge on any atom is 0.303 e. The van der Waals surface area contributed by atoms with Crippen LogP contribution in [0.5, 0.6) is 0 Å². The zero-order valence-electron chi connectivity index (χ0n) is 24.4. The van der Waals surface area contributed by atoms with Crippen molar-refractivity contribution in [2.45, 2.75) is 83.1 Å². The average molecular weight is 597 g/mol. The van der Waals surface area contributed by atoms with Gasteiger partial charge in [0.1, 0.15) is 18.8 Å². The van der Waals surface area contributed by atoms with Gasteiger partial charge in [0.2, 0.25) is 5.91 Å². The topological polar surface area (TPSA) is 167 Å². The normalized spacial score (nSPS) is 26.3. The molecule has 12 nitrogen and oxygen atoms in total. The van der Waals surface area contributed by atoms with E-state index in [-0.39, 0.29) is 23.4 Å². The first kappa shape index (κ1) is 31.6. The highest BCUT2D eigenvalue weighted by Crippen LogP contribution is 2.41. The van der Waals surface area contributed by atoms with E-state index in [1.54, 1.807) is 12.1 Å². The molecule has 0 aromatic heterocycles. The molecule has 0 radical (unpaired) electrons. The van der Waals surface area contributed by atoms with Crippen LogP contribution in [0.3, 0.4) is 0 Å². The Bertz CT molecular complexity index is 1360. The molecule has 2 aromatic carbocycles. The minimum absolute atomic E-state index is 0.0605. The van der Waals surface area contributed by atoms with Crippen LogP contribution < -0.4 is 10.6 Å². The molecule has 1 aliphatic heterocycles. The number of carbonyl (C=O) groups excluding carboxylic acids is 5. The minimum atomic E-state index is -1.52. The number of benzene rings is 2. The quantitative estimate of drug-likeness (QED) is 0.303. The van der Waals surface area contributed by atoms with Crippen LogP contribution in [-0.2, 0) is 38.1 Å². The van der Waals surface area contributed by atoms with Gasteiger partial charge >= 0.3 is 17.9 Å². The summed E-state index contributed by atoms with van der Waals surface area (Å²) in [6, 6.07) is 14.9. The van der Waals surface area contributed by atoms with Crippen molar-refractivity contribution in [3.8, 4) is 0 Å². The molecule has 230 valence electrons. The van der Waals surface area contributed by atoms with Crippen molar-refractivity contribution in [2.75, 3.05) is 6.61 Å². The second-order valence-electron chi connectivity index (χ2n) is 10.6. The molecule has 1 heterocycles. The molecule has 1 aliphatic carbocycles. The predicted octanol–water partition coefficient (Wildman–Crippen LogP) is 2.03. The smallest absolute Gasteiger partial charge is 0.303 e. The molecule has 0 spiro atoms. The number of aliphatic hydroxyl groups excluding tert-OH is 1. The molecular weight excluding hydrogens is 560 g/mol. The summed E-state index contributed by atoms with van der Waals surface area (Å²) in [7, 11) is 0. The van der Waals surface area contributed by atoms with E-state index in [1.807, 2.05) is 36.4 Å². The molecule has 0 saturated carbocycles. The van der Waals surface area contributed by atoms with Crippen molar-refractivity contribution in [2.24, 2.45) is 0 Å². The highest BCUT2D eigenvalue weighted by molar-refractivity contribution is 5.94. The minimum Gasteiger partial charge on any atom is -0.463 e. The maximum atomic E-state index is 13.3. The van der Waals surface area contributed by atoms with Crippen molar-refractivity contribution in [1.82, 2.24) is 10.6 Å². The van der Waals surface area contributed by atoms with Crippen LogP contribution >= 0.6 is 0 Å². The first-order valence-corrected chi connectivity index (χ1v) is 14.0. The van der Waals surface area contributed by atoms with E-state index in [0.717, 1.165) is 43.4 Å². The van der Waals surface area contributed by atoms with E-state index >= 15 is 0 Å². The number of carbonyl (C=O) groups is 5. The first-order valence-electron chi connectivity index (χ1n) is 14.0. The summed E-state index contributed by atoms with van der Waals surface area (Å²) in [5.74, 6) is -2.74. The van der Waals surface area contributed by atoms with Crippen LogP contribution in [-0.4, -0.2) is 72.1 Å². The van der Waals surface area contributed by atoms with Crippen molar-refractivity contribution in [3.63, 3.8) is 0 Å². The van der Waals surface area contributed by atoms with Gasteiger partial charge in [-0.1, -0.05) is 36.4 Å². The fourth-order valence-corrected chi connectivity index (χ4v) is 5.64. The molecule has 1 saturated heterocycles. The number of esters is 3. The third-order valence-electron chi connectivity index (χ3n) is 7.43. The number of fused-ring (bicyclic) bond motifs is 1. The lowest BCUT2D eigenvalue weighted by Gasteiger charge is -2.43. The van der Waals surface area contributed by atoms with Crippen molar-refractivity contribution >= 4 is 29.7 Å². The third kappa shape index (κ3) is 7.76.